The van der Waals surface area contributed by atoms with Crippen molar-refractivity contribution in [1.82, 2.24) is 5.32 Å². The summed E-state index contributed by atoms with van der Waals surface area (Å²) < 4.78 is 5.35. The van der Waals surface area contributed by atoms with Gasteiger partial charge in [0.1, 0.15) is 5.75 Å². The molecule has 0 bridgehead atoms. The Morgan fingerprint density at radius 2 is 2.19 bits per heavy atom. The van der Waals surface area contributed by atoms with E-state index < -0.39 is 0 Å². The van der Waals surface area contributed by atoms with Crippen LogP contribution in [0.25, 0.3) is 0 Å². The molecule has 1 aromatic rings. The van der Waals surface area contributed by atoms with Gasteiger partial charge in [-0.3, -0.25) is 0 Å². The van der Waals surface area contributed by atoms with Gasteiger partial charge in [-0.1, -0.05) is 19.4 Å². The molecule has 2 aliphatic carbocycles. The van der Waals surface area contributed by atoms with Crippen molar-refractivity contribution in [3.63, 3.8) is 0 Å². The zero-order valence-corrected chi connectivity index (χ0v) is 13.2. The molecule has 3 heteroatoms. The van der Waals surface area contributed by atoms with Crippen LogP contribution in [0.5, 0.6) is 5.75 Å². The van der Waals surface area contributed by atoms with E-state index in [0.29, 0.717) is 18.7 Å². The summed E-state index contributed by atoms with van der Waals surface area (Å²) in [4.78, 5) is 0. The average molecular weight is 289 g/mol. The van der Waals surface area contributed by atoms with Crippen LogP contribution in [0.15, 0.2) is 18.2 Å². The predicted octanol–water partition coefficient (Wildman–Crippen LogP) is 2.69. The van der Waals surface area contributed by atoms with Crippen molar-refractivity contribution in [2.24, 2.45) is 5.41 Å². The van der Waals surface area contributed by atoms with Gasteiger partial charge in [-0.2, -0.15) is 0 Å². The van der Waals surface area contributed by atoms with Crippen LogP contribution in [0.3, 0.4) is 0 Å². The number of nitrogens with one attached hydrogen (secondary N) is 1. The molecule has 3 rings (SSSR count). The highest BCUT2D eigenvalue weighted by Crippen LogP contribution is 2.38. The number of hydrogen-bond acceptors (Lipinski definition) is 3. The zero-order chi connectivity index (χ0) is 14.9. The second-order valence-electron chi connectivity index (χ2n) is 7.00. The molecule has 1 fully saturated rings. The smallest absolute Gasteiger partial charge is 0.119 e. The standard InChI is InChI=1S/C18H27NO2/c1-18(12-20)9-3-4-17(18)19-15-7-5-13-6-8-16(21-2)11-14(13)10-15/h6,8,11,15,17,19-20H,3-5,7,9-10,12H2,1-2H3. The van der Waals surface area contributed by atoms with E-state index in [-0.39, 0.29) is 5.41 Å². The third kappa shape index (κ3) is 2.95. The first-order valence-electron chi connectivity index (χ1n) is 8.17. The van der Waals surface area contributed by atoms with Gasteiger partial charge in [0, 0.05) is 24.1 Å². The lowest BCUT2D eigenvalue weighted by molar-refractivity contribution is 0.112. The lowest BCUT2D eigenvalue weighted by Crippen LogP contribution is -2.48. The normalized spacial score (nSPS) is 32.0. The maximum absolute atomic E-state index is 9.69. The van der Waals surface area contributed by atoms with Gasteiger partial charge in [0.05, 0.1) is 7.11 Å². The molecule has 0 aromatic heterocycles. The minimum atomic E-state index is 0.0641. The molecule has 0 amide bonds. The quantitative estimate of drug-likeness (QED) is 0.895. The van der Waals surface area contributed by atoms with Crippen molar-refractivity contribution in [2.75, 3.05) is 13.7 Å². The molecule has 0 aliphatic heterocycles. The summed E-state index contributed by atoms with van der Waals surface area (Å²) in [5, 5.41) is 13.5. The molecule has 0 radical (unpaired) electrons. The molecular formula is C18H27NO2. The number of aryl methyl sites for hydroxylation is 1. The van der Waals surface area contributed by atoms with Crippen molar-refractivity contribution < 1.29 is 9.84 Å². The highest BCUT2D eigenvalue weighted by molar-refractivity contribution is 5.38. The highest BCUT2D eigenvalue weighted by atomic mass is 16.5. The van der Waals surface area contributed by atoms with Crippen LogP contribution >= 0.6 is 0 Å². The van der Waals surface area contributed by atoms with E-state index in [0.717, 1.165) is 25.0 Å². The number of aliphatic hydroxyl groups excluding tert-OH is 1. The largest absolute Gasteiger partial charge is 0.497 e. The Kier molecular flexibility index (Phi) is 4.23. The maximum Gasteiger partial charge on any atom is 0.119 e. The highest BCUT2D eigenvalue weighted by Gasteiger charge is 2.39. The van der Waals surface area contributed by atoms with Crippen LogP contribution in [0, 0.1) is 5.41 Å². The van der Waals surface area contributed by atoms with Gasteiger partial charge in [-0.05, 0) is 55.4 Å². The Bertz CT molecular complexity index is 502. The zero-order valence-electron chi connectivity index (χ0n) is 13.2. The third-order valence-corrected chi connectivity index (χ3v) is 5.52. The van der Waals surface area contributed by atoms with Crippen LogP contribution in [-0.4, -0.2) is 30.9 Å². The average Bonchev–Trinajstić information content (AvgIpc) is 2.88. The third-order valence-electron chi connectivity index (χ3n) is 5.52. The van der Waals surface area contributed by atoms with E-state index >= 15 is 0 Å². The minimum Gasteiger partial charge on any atom is -0.497 e. The first-order chi connectivity index (χ1) is 10.1. The fraction of sp³-hybridized carbons (Fsp3) is 0.667. The van der Waals surface area contributed by atoms with Crippen molar-refractivity contribution in [3.8, 4) is 5.75 Å². The molecule has 2 aliphatic rings. The fourth-order valence-corrected chi connectivity index (χ4v) is 3.99. The first-order valence-corrected chi connectivity index (χ1v) is 8.17. The van der Waals surface area contributed by atoms with Crippen molar-refractivity contribution in [2.45, 2.75) is 57.5 Å². The molecule has 3 unspecified atom stereocenters. The molecule has 1 aromatic carbocycles. The van der Waals surface area contributed by atoms with Gasteiger partial charge in [0.2, 0.25) is 0 Å². The molecule has 3 atom stereocenters. The lowest BCUT2D eigenvalue weighted by atomic mass is 9.83. The van der Waals surface area contributed by atoms with Crippen molar-refractivity contribution >= 4 is 0 Å². The molecular weight excluding hydrogens is 262 g/mol. The first kappa shape index (κ1) is 14.9. The van der Waals surface area contributed by atoms with E-state index in [1.54, 1.807) is 7.11 Å². The van der Waals surface area contributed by atoms with Gasteiger partial charge in [-0.15, -0.1) is 0 Å². The number of fused-ring (bicyclic) bond motifs is 1. The van der Waals surface area contributed by atoms with Gasteiger partial charge in [0.15, 0.2) is 0 Å². The van der Waals surface area contributed by atoms with Gasteiger partial charge < -0.3 is 15.2 Å². The van der Waals surface area contributed by atoms with Crippen LogP contribution in [-0.2, 0) is 12.8 Å². The summed E-state index contributed by atoms with van der Waals surface area (Å²) in [5.74, 6) is 0.954. The molecule has 0 spiro atoms. The Morgan fingerprint density at radius 1 is 1.33 bits per heavy atom. The topological polar surface area (TPSA) is 41.5 Å². The number of ether oxygens (including phenoxy) is 1. The van der Waals surface area contributed by atoms with Crippen LogP contribution in [0.2, 0.25) is 0 Å². The van der Waals surface area contributed by atoms with Gasteiger partial charge >= 0.3 is 0 Å². The molecule has 0 saturated heterocycles. The maximum atomic E-state index is 9.69. The number of hydrogen-bond donors (Lipinski definition) is 2. The number of rotatable bonds is 4. The Morgan fingerprint density at radius 3 is 2.95 bits per heavy atom. The number of benzene rings is 1. The van der Waals surface area contributed by atoms with E-state index in [2.05, 4.69) is 30.4 Å². The number of aliphatic hydroxyl groups is 1. The van der Waals surface area contributed by atoms with Crippen molar-refractivity contribution in [3.05, 3.63) is 29.3 Å². The van der Waals surface area contributed by atoms with E-state index in [1.165, 1.54) is 30.4 Å². The summed E-state index contributed by atoms with van der Waals surface area (Å²) in [6.45, 7) is 2.51. The SMILES string of the molecule is COc1ccc2c(c1)CC(NC1CCCC1(C)CO)CC2. The minimum absolute atomic E-state index is 0.0641. The van der Waals surface area contributed by atoms with Gasteiger partial charge in [0.25, 0.3) is 0 Å². The predicted molar refractivity (Wildman–Crippen MR) is 84.8 cm³/mol. The Labute approximate surface area is 127 Å². The summed E-state index contributed by atoms with van der Waals surface area (Å²) in [6.07, 6.45) is 6.96. The Balaban J connectivity index is 1.68. The van der Waals surface area contributed by atoms with Gasteiger partial charge in [-0.25, -0.2) is 0 Å². The van der Waals surface area contributed by atoms with Crippen LogP contribution in [0.1, 0.15) is 43.7 Å². The summed E-state index contributed by atoms with van der Waals surface area (Å²) in [7, 11) is 1.73. The van der Waals surface area contributed by atoms with Crippen LogP contribution < -0.4 is 10.1 Å². The second kappa shape index (κ2) is 5.98. The molecule has 116 valence electrons. The molecule has 21 heavy (non-hydrogen) atoms. The van der Waals surface area contributed by atoms with Crippen molar-refractivity contribution in [1.29, 1.82) is 0 Å². The molecule has 1 saturated carbocycles. The summed E-state index contributed by atoms with van der Waals surface area (Å²) in [5.41, 5.74) is 2.95. The molecule has 3 nitrogen and oxygen atoms in total. The Hall–Kier alpha value is -1.06. The fourth-order valence-electron chi connectivity index (χ4n) is 3.99. The van der Waals surface area contributed by atoms with E-state index in [9.17, 15) is 5.11 Å². The summed E-state index contributed by atoms with van der Waals surface area (Å²) in [6, 6.07) is 7.44. The van der Waals surface area contributed by atoms with Crippen LogP contribution in [0.4, 0.5) is 0 Å². The molecule has 0 heterocycles. The molecule has 2 N–H and O–H groups in total. The number of methoxy groups -OCH3 is 1. The summed E-state index contributed by atoms with van der Waals surface area (Å²) >= 11 is 0. The lowest BCUT2D eigenvalue weighted by Gasteiger charge is -2.35. The second-order valence-corrected chi connectivity index (χ2v) is 7.00. The van der Waals surface area contributed by atoms with E-state index in [4.69, 9.17) is 4.74 Å². The monoisotopic (exact) mass is 289 g/mol. The van der Waals surface area contributed by atoms with E-state index in [1.807, 2.05) is 0 Å².